The van der Waals surface area contributed by atoms with E-state index in [-0.39, 0.29) is 0 Å². The summed E-state index contributed by atoms with van der Waals surface area (Å²) in [7, 11) is 0. The maximum atomic E-state index is 13.1. The molecule has 0 aliphatic carbocycles. The molecule has 2 aromatic carbocycles. The molecule has 0 saturated carbocycles. The molecule has 0 heterocycles. The van der Waals surface area contributed by atoms with Gasteiger partial charge in [-0.15, -0.1) is 0 Å². The lowest BCUT2D eigenvalue weighted by Gasteiger charge is -2.26. The van der Waals surface area contributed by atoms with Crippen LogP contribution in [0.2, 0.25) is 0 Å². The molecule has 0 aromatic heterocycles. The first-order valence-corrected chi connectivity index (χ1v) is 7.77. The lowest BCUT2D eigenvalue weighted by Crippen LogP contribution is -2.40. The van der Waals surface area contributed by atoms with Gasteiger partial charge in [-0.1, -0.05) is 18.2 Å². The first-order valence-electron chi connectivity index (χ1n) is 7.77. The second kappa shape index (κ2) is 8.21. The van der Waals surface area contributed by atoms with E-state index in [0.29, 0.717) is 16.7 Å². The van der Waals surface area contributed by atoms with E-state index in [9.17, 15) is 31.1 Å². The van der Waals surface area contributed by atoms with E-state index in [4.69, 9.17) is 5.26 Å². The molecule has 0 saturated heterocycles. The van der Waals surface area contributed by atoms with E-state index in [1.165, 1.54) is 18.2 Å². The molecule has 0 unspecified atom stereocenters. The van der Waals surface area contributed by atoms with Crippen molar-refractivity contribution in [2.45, 2.75) is 12.4 Å². The molecule has 0 spiro atoms. The Morgan fingerprint density at radius 3 is 2.21 bits per heavy atom. The summed E-state index contributed by atoms with van der Waals surface area (Å²) in [5.74, 6) is -0.839. The van der Waals surface area contributed by atoms with Crippen molar-refractivity contribution in [1.29, 1.82) is 5.26 Å². The van der Waals surface area contributed by atoms with E-state index in [1.54, 1.807) is 18.2 Å². The van der Waals surface area contributed by atoms with E-state index in [1.807, 2.05) is 0 Å². The minimum Gasteiger partial charge on any atom is -0.353 e. The summed E-state index contributed by atoms with van der Waals surface area (Å²) in [5, 5.41) is 11.2. The van der Waals surface area contributed by atoms with Crippen LogP contribution in [0.5, 0.6) is 0 Å². The third-order valence-corrected chi connectivity index (χ3v) is 3.56. The Bertz CT molecular complexity index is 872. The van der Waals surface area contributed by atoms with Crippen LogP contribution in [-0.2, 0) is 11.0 Å². The van der Waals surface area contributed by atoms with Crippen LogP contribution < -0.4 is 10.2 Å². The number of carbonyl (C=O) groups excluding carboxylic acids is 1. The maximum Gasteiger partial charge on any atom is 0.417 e. The van der Waals surface area contributed by atoms with Crippen molar-refractivity contribution in [3.05, 3.63) is 59.7 Å². The van der Waals surface area contributed by atoms with Crippen LogP contribution in [0.3, 0.4) is 0 Å². The average Bonchev–Trinajstić information content (AvgIpc) is 2.59. The van der Waals surface area contributed by atoms with Crippen molar-refractivity contribution in [3.8, 4) is 6.07 Å². The molecule has 4 nitrogen and oxygen atoms in total. The zero-order valence-corrected chi connectivity index (χ0v) is 14.1. The zero-order valence-electron chi connectivity index (χ0n) is 14.1. The largest absolute Gasteiger partial charge is 0.417 e. The standard InChI is InChI=1S/C18H13F6N3O/c19-17(20,21)11-27(10-16(28)26-13-4-2-1-3-5-13)14-7-6-12(9-25)15(8-14)18(22,23)24/h1-8H,10-11H2,(H,26,28). The summed E-state index contributed by atoms with van der Waals surface area (Å²) in [4.78, 5) is 12.6. The van der Waals surface area contributed by atoms with Gasteiger partial charge in [-0.25, -0.2) is 0 Å². The van der Waals surface area contributed by atoms with Crippen molar-refractivity contribution < 1.29 is 31.1 Å². The highest BCUT2D eigenvalue weighted by Gasteiger charge is 2.36. The molecule has 0 radical (unpaired) electrons. The van der Waals surface area contributed by atoms with Crippen LogP contribution >= 0.6 is 0 Å². The van der Waals surface area contributed by atoms with Gasteiger partial charge in [0.1, 0.15) is 6.54 Å². The number of carbonyl (C=O) groups is 1. The number of halogens is 6. The zero-order chi connectivity index (χ0) is 20.9. The van der Waals surface area contributed by atoms with Crippen molar-refractivity contribution >= 4 is 17.3 Å². The Morgan fingerprint density at radius 2 is 1.68 bits per heavy atom. The van der Waals surface area contributed by atoms with Gasteiger partial charge in [0.15, 0.2) is 0 Å². The number of para-hydroxylation sites is 1. The van der Waals surface area contributed by atoms with Crippen LogP contribution in [0.4, 0.5) is 37.7 Å². The van der Waals surface area contributed by atoms with Crippen LogP contribution in [0.1, 0.15) is 11.1 Å². The molecule has 0 atom stereocenters. The number of alkyl halides is 6. The summed E-state index contributed by atoms with van der Waals surface area (Å²) in [6.45, 7) is -2.48. The van der Waals surface area contributed by atoms with Gasteiger partial charge < -0.3 is 10.2 Å². The van der Waals surface area contributed by atoms with E-state index >= 15 is 0 Å². The second-order valence-corrected chi connectivity index (χ2v) is 5.72. The van der Waals surface area contributed by atoms with E-state index < -0.39 is 48.2 Å². The maximum absolute atomic E-state index is 13.1. The smallest absolute Gasteiger partial charge is 0.353 e. The molecule has 1 amide bonds. The van der Waals surface area contributed by atoms with E-state index in [2.05, 4.69) is 5.32 Å². The molecule has 10 heteroatoms. The van der Waals surface area contributed by atoms with Gasteiger partial charge in [0, 0.05) is 11.4 Å². The van der Waals surface area contributed by atoms with E-state index in [0.717, 1.165) is 12.1 Å². The number of nitrogens with one attached hydrogen (secondary N) is 1. The van der Waals surface area contributed by atoms with Gasteiger partial charge in [-0.05, 0) is 30.3 Å². The summed E-state index contributed by atoms with van der Waals surface area (Å²) >= 11 is 0. The number of nitriles is 1. The summed E-state index contributed by atoms with van der Waals surface area (Å²) in [5.41, 5.74) is -2.25. The van der Waals surface area contributed by atoms with Gasteiger partial charge in [0.2, 0.25) is 5.91 Å². The molecule has 2 rings (SSSR count). The summed E-state index contributed by atoms with van der Waals surface area (Å²) < 4.78 is 78.0. The van der Waals surface area contributed by atoms with Crippen LogP contribution in [0, 0.1) is 11.3 Å². The fourth-order valence-corrected chi connectivity index (χ4v) is 2.41. The fraction of sp³-hybridized carbons (Fsp3) is 0.222. The Kier molecular flexibility index (Phi) is 6.18. The Hall–Kier alpha value is -3.22. The normalized spacial score (nSPS) is 11.6. The molecule has 1 N–H and O–H groups in total. The van der Waals surface area contributed by atoms with Gasteiger partial charge in [-0.3, -0.25) is 4.79 Å². The molecule has 0 fully saturated rings. The predicted molar refractivity (Wildman–Crippen MR) is 89.5 cm³/mol. The Balaban J connectivity index is 2.33. The fourth-order valence-electron chi connectivity index (χ4n) is 2.41. The van der Waals surface area contributed by atoms with Crippen LogP contribution in [-0.4, -0.2) is 25.2 Å². The van der Waals surface area contributed by atoms with Gasteiger partial charge in [0.25, 0.3) is 0 Å². The van der Waals surface area contributed by atoms with Gasteiger partial charge in [0.05, 0.1) is 23.7 Å². The Morgan fingerprint density at radius 1 is 1.04 bits per heavy atom. The second-order valence-electron chi connectivity index (χ2n) is 5.72. The van der Waals surface area contributed by atoms with Gasteiger partial charge >= 0.3 is 12.4 Å². The highest BCUT2D eigenvalue weighted by atomic mass is 19.4. The van der Waals surface area contributed by atoms with Crippen molar-refractivity contribution in [3.63, 3.8) is 0 Å². The van der Waals surface area contributed by atoms with Crippen molar-refractivity contribution in [1.82, 2.24) is 0 Å². The quantitative estimate of drug-likeness (QED) is 0.746. The number of rotatable bonds is 5. The van der Waals surface area contributed by atoms with Crippen LogP contribution in [0.15, 0.2) is 48.5 Å². The van der Waals surface area contributed by atoms with Crippen LogP contribution in [0.25, 0.3) is 0 Å². The minimum absolute atomic E-state index is 0.329. The molecule has 28 heavy (non-hydrogen) atoms. The number of nitrogens with zero attached hydrogens (tertiary/aromatic N) is 2. The third kappa shape index (κ3) is 5.90. The predicted octanol–water partition coefficient (Wildman–Crippen LogP) is 4.58. The molecule has 2 aromatic rings. The first-order chi connectivity index (χ1) is 13.0. The lowest BCUT2D eigenvalue weighted by atomic mass is 10.1. The van der Waals surface area contributed by atoms with Gasteiger partial charge in [-0.2, -0.15) is 31.6 Å². The van der Waals surface area contributed by atoms with Crippen molar-refractivity contribution in [2.24, 2.45) is 0 Å². The molecule has 0 bridgehead atoms. The monoisotopic (exact) mass is 401 g/mol. The first kappa shape index (κ1) is 21.1. The molecular weight excluding hydrogens is 388 g/mol. The highest BCUT2D eigenvalue weighted by molar-refractivity contribution is 5.94. The number of hydrogen-bond acceptors (Lipinski definition) is 3. The number of hydrogen-bond donors (Lipinski definition) is 1. The summed E-state index contributed by atoms with van der Waals surface area (Å²) in [6, 6.07) is 11.4. The summed E-state index contributed by atoms with van der Waals surface area (Å²) in [6.07, 6.45) is -9.70. The molecule has 0 aliphatic rings. The lowest BCUT2D eigenvalue weighted by molar-refractivity contribution is -0.137. The molecule has 0 aliphatic heterocycles. The minimum atomic E-state index is -4.93. The highest BCUT2D eigenvalue weighted by Crippen LogP contribution is 2.35. The molecule has 148 valence electrons. The Labute approximate surface area is 156 Å². The SMILES string of the molecule is N#Cc1ccc(N(CC(=O)Nc2ccccc2)CC(F)(F)F)cc1C(F)(F)F. The van der Waals surface area contributed by atoms with Crippen molar-refractivity contribution in [2.75, 3.05) is 23.3 Å². The third-order valence-electron chi connectivity index (χ3n) is 3.56. The topological polar surface area (TPSA) is 56.1 Å². The number of benzene rings is 2. The number of anilines is 2. The molecular formula is C18H13F6N3O. The number of amides is 1. The average molecular weight is 401 g/mol.